The fraction of sp³-hybridized carbons (Fsp3) is 0.0435. The summed E-state index contributed by atoms with van der Waals surface area (Å²) in [5.74, 6) is -0.00744. The van der Waals surface area contributed by atoms with Crippen LogP contribution in [0.2, 0.25) is 5.02 Å². The second-order valence-electron chi connectivity index (χ2n) is 6.22. The number of halogens is 3. The largest absolute Gasteiger partial charge is 0.486 e. The van der Waals surface area contributed by atoms with Gasteiger partial charge in [-0.1, -0.05) is 57.9 Å². The van der Waals surface area contributed by atoms with Crippen LogP contribution in [0.1, 0.15) is 11.1 Å². The molecule has 3 aromatic carbocycles. The van der Waals surface area contributed by atoms with E-state index in [-0.39, 0.29) is 5.57 Å². The number of nitrogens with zero attached hydrogens (tertiary/aromatic N) is 1. The van der Waals surface area contributed by atoms with E-state index in [9.17, 15) is 10.1 Å². The molecule has 0 aromatic heterocycles. The lowest BCUT2D eigenvalue weighted by molar-refractivity contribution is -0.112. The third-order valence-corrected chi connectivity index (χ3v) is 5.42. The molecule has 0 unspecified atom stereocenters. The minimum atomic E-state index is -0.503. The van der Waals surface area contributed by atoms with E-state index >= 15 is 0 Å². The van der Waals surface area contributed by atoms with Crippen LogP contribution in [0.3, 0.4) is 0 Å². The fourth-order valence-corrected chi connectivity index (χ4v) is 3.83. The zero-order valence-corrected chi connectivity index (χ0v) is 19.5. The van der Waals surface area contributed by atoms with Crippen molar-refractivity contribution in [3.63, 3.8) is 0 Å². The van der Waals surface area contributed by atoms with E-state index < -0.39 is 5.91 Å². The van der Waals surface area contributed by atoms with Crippen LogP contribution in [0, 0.1) is 11.3 Å². The monoisotopic (exact) mass is 544 g/mol. The number of carbonyl (C=O) groups excluding carboxylic acids is 1. The van der Waals surface area contributed by atoms with Gasteiger partial charge in [-0.2, -0.15) is 5.26 Å². The average molecular weight is 547 g/mol. The lowest BCUT2D eigenvalue weighted by Crippen LogP contribution is -2.13. The number of nitriles is 1. The van der Waals surface area contributed by atoms with Crippen molar-refractivity contribution in [2.45, 2.75) is 6.61 Å². The second-order valence-corrected chi connectivity index (χ2v) is 8.40. The number of hydrogen-bond acceptors (Lipinski definition) is 3. The molecule has 0 atom stereocenters. The van der Waals surface area contributed by atoms with E-state index in [0.29, 0.717) is 33.1 Å². The number of ether oxygens (including phenoxy) is 1. The summed E-state index contributed by atoms with van der Waals surface area (Å²) >= 11 is 13.2. The molecule has 3 rings (SSSR count). The quantitative estimate of drug-likeness (QED) is 0.268. The topological polar surface area (TPSA) is 62.1 Å². The first-order valence-corrected chi connectivity index (χ1v) is 10.8. The number of nitrogens with one attached hydrogen (secondary N) is 1. The summed E-state index contributed by atoms with van der Waals surface area (Å²) in [4.78, 5) is 12.4. The zero-order valence-electron chi connectivity index (χ0n) is 15.5. The van der Waals surface area contributed by atoms with Gasteiger partial charge in [0, 0.05) is 10.2 Å². The summed E-state index contributed by atoms with van der Waals surface area (Å²) in [7, 11) is 0. The van der Waals surface area contributed by atoms with Gasteiger partial charge in [0.2, 0.25) is 0 Å². The first-order chi connectivity index (χ1) is 14.5. The summed E-state index contributed by atoms with van der Waals surface area (Å²) in [6.45, 7) is 0.368. The first kappa shape index (κ1) is 22.1. The Labute approximate surface area is 196 Å². The summed E-state index contributed by atoms with van der Waals surface area (Å²) in [5, 5.41) is 12.5. The highest BCUT2D eigenvalue weighted by Gasteiger charge is 2.13. The second kappa shape index (κ2) is 10.4. The lowest BCUT2D eigenvalue weighted by atomic mass is 10.1. The van der Waals surface area contributed by atoms with E-state index in [1.54, 1.807) is 36.4 Å². The van der Waals surface area contributed by atoms with Gasteiger partial charge in [0.25, 0.3) is 5.91 Å². The van der Waals surface area contributed by atoms with Gasteiger partial charge in [0.1, 0.15) is 18.2 Å². The Morgan fingerprint density at radius 2 is 1.80 bits per heavy atom. The Balaban J connectivity index is 1.76. The molecule has 3 aromatic rings. The van der Waals surface area contributed by atoms with Gasteiger partial charge < -0.3 is 10.1 Å². The van der Waals surface area contributed by atoms with Crippen LogP contribution in [0.4, 0.5) is 5.69 Å². The maximum atomic E-state index is 12.4. The normalized spacial score (nSPS) is 10.9. The Morgan fingerprint density at radius 3 is 2.43 bits per heavy atom. The van der Waals surface area contributed by atoms with Crippen LogP contribution in [0.5, 0.6) is 5.75 Å². The molecule has 1 N–H and O–H groups in total. The minimum absolute atomic E-state index is 0.0427. The Morgan fingerprint density at radius 1 is 1.10 bits per heavy atom. The highest BCUT2D eigenvalue weighted by molar-refractivity contribution is 9.10. The number of hydrogen-bond donors (Lipinski definition) is 1. The van der Waals surface area contributed by atoms with Crippen LogP contribution in [0.15, 0.2) is 81.2 Å². The van der Waals surface area contributed by atoms with E-state index in [2.05, 4.69) is 37.2 Å². The standard InChI is InChI=1S/C23H15Br2ClN2O2/c24-18-6-8-19(9-7-18)28-23(29)17(13-27)10-16-11-20(25)22(21(26)12-16)30-14-15-4-2-1-3-5-15/h1-12H,14H2,(H,28,29)/b17-10-. The molecule has 0 spiro atoms. The van der Waals surface area contributed by atoms with Crippen LogP contribution in [-0.2, 0) is 11.4 Å². The SMILES string of the molecule is N#C/C(=C/c1cc(Cl)c(OCc2ccccc2)c(Br)c1)C(=O)Nc1ccc(Br)cc1. The number of rotatable bonds is 6. The van der Waals surface area contributed by atoms with E-state index in [4.69, 9.17) is 16.3 Å². The zero-order chi connectivity index (χ0) is 21.5. The summed E-state index contributed by atoms with van der Waals surface area (Å²) < 4.78 is 7.35. The molecule has 0 aliphatic heterocycles. The van der Waals surface area contributed by atoms with Crippen molar-refractivity contribution < 1.29 is 9.53 Å². The predicted octanol–water partition coefficient (Wildman–Crippen LogP) is 6.99. The molecule has 150 valence electrons. The van der Waals surface area contributed by atoms with Gasteiger partial charge in [-0.3, -0.25) is 4.79 Å². The minimum Gasteiger partial charge on any atom is -0.486 e. The molecule has 30 heavy (non-hydrogen) atoms. The molecule has 0 aliphatic carbocycles. The van der Waals surface area contributed by atoms with E-state index in [1.165, 1.54) is 6.08 Å². The number of anilines is 1. The van der Waals surface area contributed by atoms with Gasteiger partial charge in [0.05, 0.1) is 9.50 Å². The fourth-order valence-electron chi connectivity index (χ4n) is 2.58. The van der Waals surface area contributed by atoms with Gasteiger partial charge >= 0.3 is 0 Å². The van der Waals surface area contributed by atoms with Crippen LogP contribution >= 0.6 is 43.5 Å². The molecule has 0 heterocycles. The molecule has 0 saturated carbocycles. The van der Waals surface area contributed by atoms with Crippen molar-refractivity contribution in [2.24, 2.45) is 0 Å². The number of carbonyl (C=O) groups is 1. The highest BCUT2D eigenvalue weighted by Crippen LogP contribution is 2.35. The number of benzene rings is 3. The van der Waals surface area contributed by atoms with Crippen LogP contribution in [0.25, 0.3) is 6.08 Å². The van der Waals surface area contributed by atoms with Crippen molar-refractivity contribution in [3.05, 3.63) is 97.4 Å². The van der Waals surface area contributed by atoms with Crippen molar-refractivity contribution >= 4 is 61.1 Å². The maximum absolute atomic E-state index is 12.4. The van der Waals surface area contributed by atoms with Crippen molar-refractivity contribution in [3.8, 4) is 11.8 Å². The van der Waals surface area contributed by atoms with E-state index in [1.807, 2.05) is 36.4 Å². The predicted molar refractivity (Wildman–Crippen MR) is 126 cm³/mol. The van der Waals surface area contributed by atoms with Gasteiger partial charge in [-0.15, -0.1) is 0 Å². The highest BCUT2D eigenvalue weighted by atomic mass is 79.9. The molecule has 0 fully saturated rings. The molecule has 4 nitrogen and oxygen atoms in total. The van der Waals surface area contributed by atoms with Gasteiger partial charge in [-0.25, -0.2) is 0 Å². The first-order valence-electron chi connectivity index (χ1n) is 8.81. The number of amides is 1. The smallest absolute Gasteiger partial charge is 0.266 e. The molecule has 0 radical (unpaired) electrons. The third kappa shape index (κ3) is 5.96. The van der Waals surface area contributed by atoms with E-state index in [0.717, 1.165) is 10.0 Å². The Bertz CT molecular complexity index is 1100. The van der Waals surface area contributed by atoms with Crippen molar-refractivity contribution in [2.75, 3.05) is 5.32 Å². The molecule has 1 amide bonds. The summed E-state index contributed by atoms with van der Waals surface area (Å²) in [6, 6.07) is 22.1. The molecule has 0 bridgehead atoms. The third-order valence-electron chi connectivity index (χ3n) is 4.02. The maximum Gasteiger partial charge on any atom is 0.266 e. The van der Waals surface area contributed by atoms with Gasteiger partial charge in [-0.05, 0) is 69.5 Å². The lowest BCUT2D eigenvalue weighted by Gasteiger charge is -2.11. The molecule has 7 heteroatoms. The molecular formula is C23H15Br2ClN2O2. The Kier molecular flexibility index (Phi) is 7.69. The van der Waals surface area contributed by atoms with Crippen LogP contribution in [-0.4, -0.2) is 5.91 Å². The molecule has 0 aliphatic rings. The Hall–Kier alpha value is -2.59. The average Bonchev–Trinajstić information content (AvgIpc) is 2.73. The van der Waals surface area contributed by atoms with Crippen molar-refractivity contribution in [1.29, 1.82) is 5.26 Å². The summed E-state index contributed by atoms with van der Waals surface area (Å²) in [5.41, 5.74) is 2.16. The summed E-state index contributed by atoms with van der Waals surface area (Å²) in [6.07, 6.45) is 1.48. The molecule has 0 saturated heterocycles. The van der Waals surface area contributed by atoms with Gasteiger partial charge in [0.15, 0.2) is 5.75 Å². The van der Waals surface area contributed by atoms with Crippen LogP contribution < -0.4 is 10.1 Å². The molecular weight excluding hydrogens is 532 g/mol. The van der Waals surface area contributed by atoms with Crippen molar-refractivity contribution in [1.82, 2.24) is 0 Å².